The molecule has 1 aliphatic rings. The zero-order valence-electron chi connectivity index (χ0n) is 15.9. The van der Waals surface area contributed by atoms with Crippen molar-refractivity contribution in [2.75, 3.05) is 0 Å². The maximum atomic E-state index is 15.2. The minimum absolute atomic E-state index is 0.0231. The molecular formula is C20H21Cl2FN4O2. The maximum absolute atomic E-state index is 15.2. The van der Waals surface area contributed by atoms with Gasteiger partial charge in [-0.3, -0.25) is 19.9 Å². The Labute approximate surface area is 178 Å². The number of nitrogens with one attached hydrogen (secondary N) is 3. The first kappa shape index (κ1) is 21.5. The monoisotopic (exact) mass is 438 g/mol. The van der Waals surface area contributed by atoms with Crippen LogP contribution in [0, 0.1) is 11.7 Å². The lowest BCUT2D eigenvalue weighted by Crippen LogP contribution is -2.47. The Morgan fingerprint density at radius 1 is 1.34 bits per heavy atom. The van der Waals surface area contributed by atoms with Crippen molar-refractivity contribution in [1.82, 2.24) is 20.9 Å². The van der Waals surface area contributed by atoms with E-state index in [0.29, 0.717) is 10.6 Å². The van der Waals surface area contributed by atoms with E-state index < -0.39 is 18.0 Å². The van der Waals surface area contributed by atoms with Crippen LogP contribution >= 0.6 is 23.2 Å². The quantitative estimate of drug-likeness (QED) is 0.665. The first-order chi connectivity index (χ1) is 13.8. The van der Waals surface area contributed by atoms with Gasteiger partial charge in [-0.25, -0.2) is 4.39 Å². The summed E-state index contributed by atoms with van der Waals surface area (Å²) in [5.41, 5.74) is 1.12. The van der Waals surface area contributed by atoms with Crippen LogP contribution in [0.15, 0.2) is 30.6 Å². The molecule has 1 fully saturated rings. The lowest BCUT2D eigenvalue weighted by atomic mass is 9.99. The molecule has 9 heteroatoms. The van der Waals surface area contributed by atoms with Crippen molar-refractivity contribution in [2.45, 2.75) is 39.0 Å². The summed E-state index contributed by atoms with van der Waals surface area (Å²) in [6.45, 7) is 3.53. The molecule has 1 aromatic heterocycles. The van der Waals surface area contributed by atoms with Crippen LogP contribution in [0.5, 0.6) is 0 Å². The summed E-state index contributed by atoms with van der Waals surface area (Å²) in [4.78, 5) is 28.1. The van der Waals surface area contributed by atoms with Crippen LogP contribution < -0.4 is 16.0 Å². The zero-order chi connectivity index (χ0) is 21.1. The summed E-state index contributed by atoms with van der Waals surface area (Å²) in [5, 5.41) is 9.22. The Morgan fingerprint density at radius 3 is 2.79 bits per heavy atom. The highest BCUT2D eigenvalue weighted by atomic mass is 35.5. The van der Waals surface area contributed by atoms with Crippen LogP contribution in [-0.2, 0) is 16.1 Å². The lowest BCUT2D eigenvalue weighted by Gasteiger charge is -2.33. The molecule has 1 saturated heterocycles. The van der Waals surface area contributed by atoms with Gasteiger partial charge in [0, 0.05) is 48.4 Å². The molecule has 0 bridgehead atoms. The number of hydrogen-bond donors (Lipinski definition) is 3. The van der Waals surface area contributed by atoms with E-state index in [4.69, 9.17) is 23.2 Å². The summed E-state index contributed by atoms with van der Waals surface area (Å²) in [7, 11) is 0. The van der Waals surface area contributed by atoms with Gasteiger partial charge in [0.2, 0.25) is 11.8 Å². The van der Waals surface area contributed by atoms with Crippen molar-refractivity contribution in [3.8, 4) is 0 Å². The SMILES string of the molecule is CC(C)C(=O)NCc1ccc(Cl)c(C2NC(=O)CC(c3cncc(Cl)c3)N2)c1F. The van der Waals surface area contributed by atoms with Gasteiger partial charge in [0.15, 0.2) is 0 Å². The van der Waals surface area contributed by atoms with Gasteiger partial charge in [-0.2, -0.15) is 0 Å². The number of pyridine rings is 1. The molecule has 0 radical (unpaired) electrons. The number of amides is 2. The molecule has 2 aromatic rings. The van der Waals surface area contributed by atoms with Gasteiger partial charge in [0.05, 0.1) is 10.0 Å². The highest BCUT2D eigenvalue weighted by molar-refractivity contribution is 6.31. The molecule has 2 atom stereocenters. The van der Waals surface area contributed by atoms with Crippen LogP contribution in [0.25, 0.3) is 0 Å². The third-order valence-electron chi connectivity index (χ3n) is 4.66. The molecule has 154 valence electrons. The van der Waals surface area contributed by atoms with Crippen molar-refractivity contribution in [2.24, 2.45) is 5.92 Å². The first-order valence-electron chi connectivity index (χ1n) is 9.16. The normalized spacial score (nSPS) is 19.2. The van der Waals surface area contributed by atoms with Gasteiger partial charge in [0.1, 0.15) is 12.0 Å². The van der Waals surface area contributed by atoms with Gasteiger partial charge in [-0.1, -0.05) is 43.1 Å². The number of halogens is 3. The smallest absolute Gasteiger partial charge is 0.223 e. The average Bonchev–Trinajstić information content (AvgIpc) is 2.66. The molecule has 0 spiro atoms. The van der Waals surface area contributed by atoms with Crippen molar-refractivity contribution < 1.29 is 14.0 Å². The van der Waals surface area contributed by atoms with Crippen molar-refractivity contribution in [3.05, 3.63) is 63.1 Å². The summed E-state index contributed by atoms with van der Waals surface area (Å²) >= 11 is 12.3. The molecule has 2 amide bonds. The minimum atomic E-state index is -0.839. The molecule has 6 nitrogen and oxygen atoms in total. The Morgan fingerprint density at radius 2 is 2.10 bits per heavy atom. The third kappa shape index (κ3) is 5.04. The minimum Gasteiger partial charge on any atom is -0.352 e. The second kappa shape index (κ2) is 9.07. The van der Waals surface area contributed by atoms with Crippen molar-refractivity contribution >= 4 is 35.0 Å². The Bertz CT molecular complexity index is 939. The Kier molecular flexibility index (Phi) is 6.72. The number of benzene rings is 1. The average molecular weight is 439 g/mol. The van der Waals surface area contributed by atoms with Crippen LogP contribution in [0.1, 0.15) is 49.2 Å². The summed E-state index contributed by atoms with van der Waals surface area (Å²) in [5.74, 6) is -1.23. The molecule has 1 aromatic carbocycles. The number of carbonyl (C=O) groups is 2. The van der Waals surface area contributed by atoms with Gasteiger partial charge in [-0.15, -0.1) is 0 Å². The van der Waals surface area contributed by atoms with Crippen molar-refractivity contribution in [3.63, 3.8) is 0 Å². The second-order valence-electron chi connectivity index (χ2n) is 7.17. The lowest BCUT2D eigenvalue weighted by molar-refractivity contribution is -0.125. The standard InChI is InChI=1S/C20H21Cl2FN4O2/c1-10(2)20(29)25-8-11-3-4-14(22)17(18(11)23)19-26-15(6-16(28)27-19)12-5-13(21)9-24-7-12/h3-5,7,9-10,15,19,26H,6,8H2,1-2H3,(H,25,29)(H,27,28). The largest absolute Gasteiger partial charge is 0.352 e. The van der Waals surface area contributed by atoms with Crippen LogP contribution in [0.2, 0.25) is 10.0 Å². The molecule has 29 heavy (non-hydrogen) atoms. The molecule has 3 rings (SSSR count). The van der Waals surface area contributed by atoms with E-state index in [9.17, 15) is 9.59 Å². The molecular weight excluding hydrogens is 418 g/mol. The van der Waals surface area contributed by atoms with E-state index in [1.54, 1.807) is 32.2 Å². The number of aromatic nitrogens is 1. The molecule has 0 aliphatic carbocycles. The topological polar surface area (TPSA) is 83.1 Å². The third-order valence-corrected chi connectivity index (χ3v) is 5.20. The molecule has 0 saturated carbocycles. The summed E-state index contributed by atoms with van der Waals surface area (Å²) < 4.78 is 15.2. The van der Waals surface area contributed by atoms with E-state index in [1.165, 1.54) is 12.3 Å². The Hall–Kier alpha value is -2.22. The van der Waals surface area contributed by atoms with Crippen molar-refractivity contribution in [1.29, 1.82) is 0 Å². The van der Waals surface area contributed by atoms with Crippen LogP contribution in [0.4, 0.5) is 4.39 Å². The van der Waals surface area contributed by atoms with E-state index in [2.05, 4.69) is 20.9 Å². The number of carbonyl (C=O) groups excluding carboxylic acids is 2. The van der Waals surface area contributed by atoms with E-state index in [1.807, 2.05) is 0 Å². The van der Waals surface area contributed by atoms with Gasteiger partial charge < -0.3 is 10.6 Å². The summed E-state index contributed by atoms with van der Waals surface area (Å²) in [6.07, 6.45) is 2.42. The number of nitrogens with zero attached hydrogens (tertiary/aromatic N) is 1. The molecule has 2 heterocycles. The predicted octanol–water partition coefficient (Wildman–Crippen LogP) is 3.65. The highest BCUT2D eigenvalue weighted by Gasteiger charge is 2.31. The Balaban J connectivity index is 1.87. The number of rotatable bonds is 5. The van der Waals surface area contributed by atoms with Gasteiger partial charge in [-0.05, 0) is 17.7 Å². The number of hydrogen-bond acceptors (Lipinski definition) is 4. The summed E-state index contributed by atoms with van der Waals surface area (Å²) in [6, 6.07) is 4.37. The van der Waals surface area contributed by atoms with E-state index in [0.717, 1.165) is 0 Å². The predicted molar refractivity (Wildman–Crippen MR) is 109 cm³/mol. The van der Waals surface area contributed by atoms with Gasteiger partial charge >= 0.3 is 0 Å². The highest BCUT2D eigenvalue weighted by Crippen LogP contribution is 2.32. The fourth-order valence-corrected chi connectivity index (χ4v) is 3.54. The van der Waals surface area contributed by atoms with E-state index >= 15 is 4.39 Å². The fraction of sp³-hybridized carbons (Fsp3) is 0.350. The van der Waals surface area contributed by atoms with E-state index in [-0.39, 0.29) is 46.8 Å². The molecule has 2 unspecified atom stereocenters. The maximum Gasteiger partial charge on any atom is 0.223 e. The zero-order valence-corrected chi connectivity index (χ0v) is 17.4. The van der Waals surface area contributed by atoms with Crippen LogP contribution in [-0.4, -0.2) is 16.8 Å². The second-order valence-corrected chi connectivity index (χ2v) is 8.01. The van der Waals surface area contributed by atoms with Crippen LogP contribution in [0.3, 0.4) is 0 Å². The molecule has 1 aliphatic heterocycles. The van der Waals surface area contributed by atoms with Gasteiger partial charge in [0.25, 0.3) is 0 Å². The first-order valence-corrected chi connectivity index (χ1v) is 9.92. The fourth-order valence-electron chi connectivity index (χ4n) is 3.10. The molecule has 3 N–H and O–H groups in total.